The number of nitrogens with two attached hydrogens (primary N) is 1. The van der Waals surface area contributed by atoms with Gasteiger partial charge in [0.1, 0.15) is 0 Å². The van der Waals surface area contributed by atoms with Crippen LogP contribution in [0.4, 0.5) is 0 Å². The van der Waals surface area contributed by atoms with Gasteiger partial charge in [0.25, 0.3) is 0 Å². The largest absolute Gasteiger partial charge is 0.699 e. The van der Waals surface area contributed by atoms with E-state index in [1.54, 1.807) is 0 Å². The van der Waals surface area contributed by atoms with Crippen molar-refractivity contribution in [1.29, 1.82) is 0 Å². The first-order chi connectivity index (χ1) is 12.1. The van der Waals surface area contributed by atoms with Crippen LogP contribution in [0.15, 0.2) is 24.3 Å². The maximum Gasteiger partial charge on any atom is 0.699 e. The lowest BCUT2D eigenvalue weighted by molar-refractivity contribution is 0.0723. The Labute approximate surface area is 153 Å². The van der Waals surface area contributed by atoms with Gasteiger partial charge in [0, 0.05) is 11.0 Å². The first kappa shape index (κ1) is 20.5. The van der Waals surface area contributed by atoms with Gasteiger partial charge in [0.15, 0.2) is 5.72 Å². The minimum atomic E-state index is -2.12. The van der Waals surface area contributed by atoms with Crippen molar-refractivity contribution in [2.45, 2.75) is 82.8 Å². The minimum absolute atomic E-state index is 0.369. The van der Waals surface area contributed by atoms with Crippen molar-refractivity contribution in [3.63, 3.8) is 0 Å². The van der Waals surface area contributed by atoms with Crippen LogP contribution in [0.5, 0.6) is 0 Å². The summed E-state index contributed by atoms with van der Waals surface area (Å²) in [5, 5.41) is 0. The summed E-state index contributed by atoms with van der Waals surface area (Å²) in [5.41, 5.74) is 8.11. The fourth-order valence-electron chi connectivity index (χ4n) is 3.66. The quantitative estimate of drug-likeness (QED) is 0.304. The van der Waals surface area contributed by atoms with Gasteiger partial charge in [-0.2, -0.15) is 0 Å². The number of hydrogen-bond acceptors (Lipinski definition) is 4. The van der Waals surface area contributed by atoms with Gasteiger partial charge in [-0.1, -0.05) is 67.8 Å². The summed E-state index contributed by atoms with van der Waals surface area (Å²) in [5.74, 6) is 0.369. The molecule has 25 heavy (non-hydrogen) atoms. The van der Waals surface area contributed by atoms with Crippen molar-refractivity contribution in [2.75, 3.05) is 7.11 Å². The van der Waals surface area contributed by atoms with Gasteiger partial charge in [-0.25, -0.2) is 0 Å². The lowest BCUT2D eigenvalue weighted by Gasteiger charge is -2.16. The normalized spacial score (nSPS) is 23.8. The van der Waals surface area contributed by atoms with Crippen molar-refractivity contribution in [3.05, 3.63) is 35.4 Å². The van der Waals surface area contributed by atoms with Crippen molar-refractivity contribution in [3.8, 4) is 0 Å². The molecule has 0 heterocycles. The van der Waals surface area contributed by atoms with Crippen molar-refractivity contribution < 1.29 is 13.6 Å². The molecule has 5 heteroatoms. The number of unbranched alkanes of at least 4 members (excludes halogenated alkanes) is 5. The van der Waals surface area contributed by atoms with Crippen LogP contribution in [-0.2, 0) is 20.0 Å². The zero-order valence-corrected chi connectivity index (χ0v) is 16.6. The molecule has 4 nitrogen and oxygen atoms in total. The highest BCUT2D eigenvalue weighted by Gasteiger charge is 2.44. The van der Waals surface area contributed by atoms with Crippen molar-refractivity contribution in [1.82, 2.24) is 0 Å². The van der Waals surface area contributed by atoms with E-state index >= 15 is 0 Å². The lowest BCUT2D eigenvalue weighted by Crippen LogP contribution is -2.37. The maximum atomic E-state index is 11.5. The van der Waals surface area contributed by atoms with Gasteiger partial charge in [-0.3, -0.25) is 5.73 Å². The van der Waals surface area contributed by atoms with Crippen LogP contribution in [0.1, 0.15) is 81.8 Å². The van der Waals surface area contributed by atoms with Gasteiger partial charge in [-0.15, -0.1) is 4.52 Å². The predicted octanol–water partition coefficient (Wildman–Crippen LogP) is 5.83. The van der Waals surface area contributed by atoms with Crippen LogP contribution < -0.4 is 5.73 Å². The Morgan fingerprint density at radius 1 is 1.16 bits per heavy atom. The molecule has 1 aromatic rings. The molecule has 140 valence electrons. The Morgan fingerprint density at radius 2 is 1.84 bits per heavy atom. The van der Waals surface area contributed by atoms with Gasteiger partial charge in [-0.05, 0) is 42.7 Å². The summed E-state index contributed by atoms with van der Waals surface area (Å²) >= 11 is 0. The highest BCUT2D eigenvalue weighted by atomic mass is 31.1. The fourth-order valence-corrected chi connectivity index (χ4v) is 4.20. The fraction of sp³-hybridized carbons (Fsp3) is 0.700. The molecule has 3 atom stereocenters. The summed E-state index contributed by atoms with van der Waals surface area (Å²) in [7, 11) is -0.747. The molecule has 3 unspecified atom stereocenters. The molecule has 2 N–H and O–H groups in total. The molecule has 0 radical (unpaired) electrons. The summed E-state index contributed by atoms with van der Waals surface area (Å²) in [4.78, 5) is 0. The summed E-state index contributed by atoms with van der Waals surface area (Å²) in [6, 6.07) is 8.93. The molecular formula is C20H33NO3P+. The molecule has 1 fully saturated rings. The van der Waals surface area contributed by atoms with E-state index in [2.05, 4.69) is 31.2 Å². The van der Waals surface area contributed by atoms with E-state index in [1.165, 1.54) is 56.8 Å². The van der Waals surface area contributed by atoms with Gasteiger partial charge in [0.05, 0.1) is 7.11 Å². The Kier molecular flexibility index (Phi) is 8.51. The first-order valence-electron chi connectivity index (χ1n) is 9.64. The van der Waals surface area contributed by atoms with E-state index in [-0.39, 0.29) is 0 Å². The maximum absolute atomic E-state index is 11.5. The number of rotatable bonds is 11. The van der Waals surface area contributed by atoms with Crippen LogP contribution in [0.3, 0.4) is 0 Å². The SMILES string of the molecule is CCCCCCCCc1ccc(C2CCC(N)(O[P+](=O)OC)C2)cc1. The van der Waals surface area contributed by atoms with E-state index in [0.29, 0.717) is 18.8 Å². The topological polar surface area (TPSA) is 61.5 Å². The van der Waals surface area contributed by atoms with Crippen LogP contribution in [-0.4, -0.2) is 12.8 Å². The molecule has 1 aromatic carbocycles. The van der Waals surface area contributed by atoms with E-state index in [4.69, 9.17) is 14.8 Å². The molecule has 1 aliphatic rings. The van der Waals surface area contributed by atoms with Gasteiger partial charge in [0.2, 0.25) is 0 Å². The van der Waals surface area contributed by atoms with E-state index in [9.17, 15) is 4.57 Å². The molecule has 1 saturated carbocycles. The van der Waals surface area contributed by atoms with Crippen LogP contribution in [0.25, 0.3) is 0 Å². The van der Waals surface area contributed by atoms with Crippen molar-refractivity contribution in [2.24, 2.45) is 5.73 Å². The van der Waals surface area contributed by atoms with Crippen LogP contribution in [0.2, 0.25) is 0 Å². The minimum Gasteiger partial charge on any atom is -0.299 e. The van der Waals surface area contributed by atoms with Gasteiger partial charge >= 0.3 is 8.25 Å². The second-order valence-corrected chi connectivity index (χ2v) is 8.26. The molecular weight excluding hydrogens is 333 g/mol. The Morgan fingerprint density at radius 3 is 2.52 bits per heavy atom. The molecule has 0 aliphatic heterocycles. The number of aryl methyl sites for hydroxylation is 1. The first-order valence-corrected chi connectivity index (χ1v) is 10.7. The Balaban J connectivity index is 1.77. The average molecular weight is 366 g/mol. The standard InChI is InChI=1S/C20H33NO3P/c1-3-4-5-6-7-8-9-17-10-12-18(13-11-17)19-14-15-20(21,16-19)24-25(22)23-2/h10-13,19H,3-9,14-16,21H2,1-2H3/q+1. The second-order valence-electron chi connectivity index (χ2n) is 7.26. The summed E-state index contributed by atoms with van der Waals surface area (Å²) in [6.45, 7) is 2.25. The third-order valence-corrected chi connectivity index (χ3v) is 5.99. The third-order valence-electron chi connectivity index (χ3n) is 5.18. The highest BCUT2D eigenvalue weighted by Crippen LogP contribution is 2.44. The zero-order valence-electron chi connectivity index (χ0n) is 15.7. The highest BCUT2D eigenvalue weighted by molar-refractivity contribution is 7.33. The van der Waals surface area contributed by atoms with E-state index in [0.717, 1.165) is 12.8 Å². The zero-order chi connectivity index (χ0) is 18.1. The molecule has 0 aromatic heterocycles. The molecule has 0 saturated heterocycles. The second kappa shape index (κ2) is 10.4. The molecule has 0 spiro atoms. The van der Waals surface area contributed by atoms with E-state index < -0.39 is 14.0 Å². The van der Waals surface area contributed by atoms with Crippen LogP contribution >= 0.6 is 8.25 Å². The average Bonchev–Trinajstić information content (AvgIpc) is 3.00. The third kappa shape index (κ3) is 6.79. The summed E-state index contributed by atoms with van der Waals surface area (Å²) < 4.78 is 21.6. The number of hydrogen-bond donors (Lipinski definition) is 1. The van der Waals surface area contributed by atoms with Gasteiger partial charge < -0.3 is 0 Å². The van der Waals surface area contributed by atoms with Crippen LogP contribution in [0, 0.1) is 0 Å². The molecule has 0 amide bonds. The molecule has 1 aliphatic carbocycles. The van der Waals surface area contributed by atoms with E-state index in [1.807, 2.05) is 0 Å². The predicted molar refractivity (Wildman–Crippen MR) is 103 cm³/mol. The number of benzene rings is 1. The monoisotopic (exact) mass is 366 g/mol. The smallest absolute Gasteiger partial charge is 0.299 e. The Hall–Kier alpha value is -0.800. The Bertz CT molecular complexity index is 534. The summed E-state index contributed by atoms with van der Waals surface area (Å²) in [6.07, 6.45) is 11.5. The molecule has 0 bridgehead atoms. The lowest BCUT2D eigenvalue weighted by atomic mass is 9.95. The molecule has 2 rings (SSSR count). The van der Waals surface area contributed by atoms with Crippen molar-refractivity contribution >= 4 is 8.25 Å².